The Labute approximate surface area is 105 Å². The van der Waals surface area contributed by atoms with Gasteiger partial charge in [-0.1, -0.05) is 20.8 Å². The first-order valence-electron chi connectivity index (χ1n) is 6.41. The van der Waals surface area contributed by atoms with Crippen molar-refractivity contribution in [1.29, 1.82) is 0 Å². The van der Waals surface area contributed by atoms with Gasteiger partial charge in [0.2, 0.25) is 0 Å². The zero-order valence-electron chi connectivity index (χ0n) is 11.5. The SMILES string of the molecule is CCC(CC)N(CCOC)C(CC)C(=O)NN. The summed E-state index contributed by atoms with van der Waals surface area (Å²) in [6.45, 7) is 7.67. The Morgan fingerprint density at radius 1 is 1.29 bits per heavy atom. The molecule has 0 rings (SSSR count). The van der Waals surface area contributed by atoms with Crippen molar-refractivity contribution < 1.29 is 9.53 Å². The number of methoxy groups -OCH3 is 1. The molecule has 0 heterocycles. The quantitative estimate of drug-likeness (QED) is 0.360. The maximum absolute atomic E-state index is 11.8. The molecule has 1 atom stereocenters. The van der Waals surface area contributed by atoms with Crippen molar-refractivity contribution >= 4 is 5.91 Å². The van der Waals surface area contributed by atoms with Crippen LogP contribution in [-0.4, -0.2) is 43.2 Å². The van der Waals surface area contributed by atoms with Crippen LogP contribution in [0.3, 0.4) is 0 Å². The van der Waals surface area contributed by atoms with E-state index in [4.69, 9.17) is 10.6 Å². The van der Waals surface area contributed by atoms with Crippen LogP contribution in [0.5, 0.6) is 0 Å². The molecule has 0 saturated carbocycles. The second-order valence-corrected chi connectivity index (χ2v) is 4.13. The van der Waals surface area contributed by atoms with Crippen molar-refractivity contribution in [2.45, 2.75) is 52.1 Å². The zero-order chi connectivity index (χ0) is 13.3. The van der Waals surface area contributed by atoms with Gasteiger partial charge in [0.15, 0.2) is 0 Å². The molecule has 0 aromatic heterocycles. The van der Waals surface area contributed by atoms with E-state index in [0.29, 0.717) is 12.6 Å². The van der Waals surface area contributed by atoms with Crippen LogP contribution in [-0.2, 0) is 9.53 Å². The number of nitrogens with two attached hydrogens (primary N) is 1. The molecule has 3 N–H and O–H groups in total. The van der Waals surface area contributed by atoms with E-state index in [2.05, 4.69) is 24.2 Å². The van der Waals surface area contributed by atoms with Crippen LogP contribution < -0.4 is 11.3 Å². The minimum Gasteiger partial charge on any atom is -0.383 e. The molecule has 0 spiro atoms. The monoisotopic (exact) mass is 245 g/mol. The molecular weight excluding hydrogens is 218 g/mol. The first-order chi connectivity index (χ1) is 8.15. The Balaban J connectivity index is 4.77. The van der Waals surface area contributed by atoms with Crippen LogP contribution in [0.4, 0.5) is 0 Å². The van der Waals surface area contributed by atoms with Gasteiger partial charge in [0, 0.05) is 19.7 Å². The fourth-order valence-corrected chi connectivity index (χ4v) is 2.21. The van der Waals surface area contributed by atoms with E-state index in [1.807, 2.05) is 6.92 Å². The molecule has 0 bridgehead atoms. The second-order valence-electron chi connectivity index (χ2n) is 4.13. The van der Waals surface area contributed by atoms with Gasteiger partial charge in [-0.3, -0.25) is 15.1 Å². The highest BCUT2D eigenvalue weighted by molar-refractivity contribution is 5.81. The summed E-state index contributed by atoms with van der Waals surface area (Å²) in [5.74, 6) is 5.13. The van der Waals surface area contributed by atoms with E-state index < -0.39 is 0 Å². The number of hydrazine groups is 1. The summed E-state index contributed by atoms with van der Waals surface area (Å²) in [4.78, 5) is 14.0. The number of nitrogens with one attached hydrogen (secondary N) is 1. The van der Waals surface area contributed by atoms with Crippen LogP contribution in [0.1, 0.15) is 40.0 Å². The molecule has 0 aliphatic rings. The predicted molar refractivity (Wildman–Crippen MR) is 69.4 cm³/mol. The molecule has 0 saturated heterocycles. The van der Waals surface area contributed by atoms with E-state index in [1.54, 1.807) is 7.11 Å². The van der Waals surface area contributed by atoms with Gasteiger partial charge >= 0.3 is 0 Å². The average Bonchev–Trinajstić information content (AvgIpc) is 2.36. The lowest BCUT2D eigenvalue weighted by molar-refractivity contribution is -0.128. The lowest BCUT2D eigenvalue weighted by Crippen LogP contribution is -2.53. The maximum Gasteiger partial charge on any atom is 0.251 e. The number of hydrogen-bond donors (Lipinski definition) is 2. The van der Waals surface area contributed by atoms with Crippen molar-refractivity contribution in [2.24, 2.45) is 5.84 Å². The molecule has 5 heteroatoms. The number of amides is 1. The highest BCUT2D eigenvalue weighted by Crippen LogP contribution is 2.15. The van der Waals surface area contributed by atoms with Crippen molar-refractivity contribution in [3.63, 3.8) is 0 Å². The third-order valence-electron chi connectivity index (χ3n) is 3.20. The third kappa shape index (κ3) is 5.02. The molecule has 17 heavy (non-hydrogen) atoms. The standard InChI is InChI=1S/C12H27N3O2/c1-5-10(6-2)15(8-9-17-4)11(7-3)12(16)14-13/h10-11H,5-9,13H2,1-4H3,(H,14,16). The van der Waals surface area contributed by atoms with Gasteiger partial charge in [0.05, 0.1) is 12.6 Å². The molecule has 5 nitrogen and oxygen atoms in total. The van der Waals surface area contributed by atoms with E-state index in [1.165, 1.54) is 0 Å². The number of carbonyl (C=O) groups is 1. The van der Waals surface area contributed by atoms with Gasteiger partial charge in [0.25, 0.3) is 5.91 Å². The normalized spacial score (nSPS) is 13.1. The Morgan fingerprint density at radius 2 is 1.88 bits per heavy atom. The lowest BCUT2D eigenvalue weighted by atomic mass is 10.1. The smallest absolute Gasteiger partial charge is 0.251 e. The van der Waals surface area contributed by atoms with E-state index in [-0.39, 0.29) is 11.9 Å². The third-order valence-corrected chi connectivity index (χ3v) is 3.20. The topological polar surface area (TPSA) is 67.6 Å². The van der Waals surface area contributed by atoms with E-state index in [0.717, 1.165) is 25.8 Å². The highest BCUT2D eigenvalue weighted by atomic mass is 16.5. The molecule has 1 amide bonds. The first kappa shape index (κ1) is 16.4. The summed E-state index contributed by atoms with van der Waals surface area (Å²) in [5.41, 5.74) is 2.25. The number of rotatable bonds is 9. The van der Waals surface area contributed by atoms with Crippen molar-refractivity contribution in [3.05, 3.63) is 0 Å². The molecule has 0 aromatic carbocycles. The fourth-order valence-electron chi connectivity index (χ4n) is 2.21. The zero-order valence-corrected chi connectivity index (χ0v) is 11.5. The summed E-state index contributed by atoms with van der Waals surface area (Å²) in [6, 6.07) is 0.229. The van der Waals surface area contributed by atoms with Crippen LogP contribution >= 0.6 is 0 Å². The average molecular weight is 245 g/mol. The molecule has 102 valence electrons. The van der Waals surface area contributed by atoms with Gasteiger partial charge in [-0.15, -0.1) is 0 Å². The first-order valence-corrected chi connectivity index (χ1v) is 6.41. The number of carbonyl (C=O) groups excluding carboxylic acids is 1. The minimum absolute atomic E-state index is 0.115. The predicted octanol–water partition coefficient (Wildman–Crippen LogP) is 0.892. The van der Waals surface area contributed by atoms with Crippen molar-refractivity contribution in [1.82, 2.24) is 10.3 Å². The van der Waals surface area contributed by atoms with Crippen molar-refractivity contribution in [2.75, 3.05) is 20.3 Å². The Kier molecular flexibility index (Phi) is 9.03. The fraction of sp³-hybridized carbons (Fsp3) is 0.917. The highest BCUT2D eigenvalue weighted by Gasteiger charge is 2.27. The van der Waals surface area contributed by atoms with Gasteiger partial charge in [-0.05, 0) is 19.3 Å². The van der Waals surface area contributed by atoms with E-state index in [9.17, 15) is 4.79 Å². The van der Waals surface area contributed by atoms with E-state index >= 15 is 0 Å². The molecule has 1 unspecified atom stereocenters. The molecule has 0 fully saturated rings. The summed E-state index contributed by atoms with van der Waals surface area (Å²) in [6.07, 6.45) is 2.80. The number of nitrogens with zero attached hydrogens (tertiary/aromatic N) is 1. The Bertz CT molecular complexity index is 208. The number of ether oxygens (including phenoxy) is 1. The van der Waals surface area contributed by atoms with Gasteiger partial charge in [0.1, 0.15) is 0 Å². The molecule has 0 aromatic rings. The van der Waals surface area contributed by atoms with Gasteiger partial charge < -0.3 is 4.74 Å². The molecule has 0 aliphatic heterocycles. The van der Waals surface area contributed by atoms with Crippen LogP contribution in [0, 0.1) is 0 Å². The second kappa shape index (κ2) is 9.39. The summed E-state index contributed by atoms with van der Waals surface area (Å²) in [7, 11) is 1.68. The van der Waals surface area contributed by atoms with Gasteiger partial charge in [-0.25, -0.2) is 5.84 Å². The lowest BCUT2D eigenvalue weighted by Gasteiger charge is -2.35. The maximum atomic E-state index is 11.8. The molecule has 0 radical (unpaired) electrons. The summed E-state index contributed by atoms with van der Waals surface area (Å²) >= 11 is 0. The Morgan fingerprint density at radius 3 is 2.24 bits per heavy atom. The van der Waals surface area contributed by atoms with Crippen molar-refractivity contribution in [3.8, 4) is 0 Å². The summed E-state index contributed by atoms with van der Waals surface area (Å²) in [5, 5.41) is 0. The minimum atomic E-state index is -0.167. The largest absolute Gasteiger partial charge is 0.383 e. The molecule has 0 aliphatic carbocycles. The summed E-state index contributed by atoms with van der Waals surface area (Å²) < 4.78 is 5.11. The Hall–Kier alpha value is -0.650. The van der Waals surface area contributed by atoms with Gasteiger partial charge in [-0.2, -0.15) is 0 Å². The van der Waals surface area contributed by atoms with Crippen LogP contribution in [0.15, 0.2) is 0 Å². The van der Waals surface area contributed by atoms with Crippen LogP contribution in [0.25, 0.3) is 0 Å². The van der Waals surface area contributed by atoms with Crippen LogP contribution in [0.2, 0.25) is 0 Å². The molecular formula is C12H27N3O2. The number of hydrogen-bond acceptors (Lipinski definition) is 4.